The molecule has 0 radical (unpaired) electrons. The molecular formula is C28H40ClNO3. The van der Waals surface area contributed by atoms with Crippen molar-refractivity contribution in [3.63, 3.8) is 0 Å². The predicted octanol–water partition coefficient (Wildman–Crippen LogP) is 7.14. The highest BCUT2D eigenvalue weighted by Crippen LogP contribution is 2.50. The lowest BCUT2D eigenvalue weighted by Gasteiger charge is -2.48. The summed E-state index contributed by atoms with van der Waals surface area (Å²) in [6, 6.07) is 6.54. The van der Waals surface area contributed by atoms with Gasteiger partial charge in [0.25, 0.3) is 0 Å². The van der Waals surface area contributed by atoms with E-state index in [1.807, 2.05) is 11.0 Å². The Morgan fingerprint density at radius 2 is 1.85 bits per heavy atom. The van der Waals surface area contributed by atoms with E-state index in [1.165, 1.54) is 0 Å². The van der Waals surface area contributed by atoms with Crippen LogP contribution in [0, 0.1) is 10.8 Å². The SMILES string of the molecule is CC(C)(C)CCc1ccc(C2(C)CC(=O)N(C3CCC3)C=C2C(C)(C)CCC(=O)O)cc1Cl. The van der Waals surface area contributed by atoms with Gasteiger partial charge in [0, 0.05) is 35.5 Å². The number of benzene rings is 1. The predicted molar refractivity (Wildman–Crippen MR) is 134 cm³/mol. The van der Waals surface area contributed by atoms with Crippen LogP contribution in [0.15, 0.2) is 30.0 Å². The van der Waals surface area contributed by atoms with E-state index in [4.69, 9.17) is 11.6 Å². The van der Waals surface area contributed by atoms with Gasteiger partial charge in [-0.1, -0.05) is 65.3 Å². The first-order chi connectivity index (χ1) is 15.2. The van der Waals surface area contributed by atoms with E-state index < -0.39 is 11.4 Å². The maximum Gasteiger partial charge on any atom is 0.303 e. The second-order valence-corrected chi connectivity index (χ2v) is 12.5. The van der Waals surface area contributed by atoms with Crippen molar-refractivity contribution < 1.29 is 14.7 Å². The molecule has 0 bridgehead atoms. The molecule has 0 saturated heterocycles. The third kappa shape index (κ3) is 5.82. The lowest BCUT2D eigenvalue weighted by molar-refractivity contribution is -0.138. The minimum absolute atomic E-state index is 0.101. The molecule has 33 heavy (non-hydrogen) atoms. The molecule has 3 rings (SSSR count). The minimum atomic E-state index is -0.792. The lowest BCUT2D eigenvalue weighted by Crippen LogP contribution is -2.49. The summed E-state index contributed by atoms with van der Waals surface area (Å²) in [7, 11) is 0. The number of nitrogens with zero attached hydrogens (tertiary/aromatic N) is 1. The molecule has 1 atom stereocenters. The monoisotopic (exact) mass is 473 g/mol. The highest BCUT2D eigenvalue weighted by atomic mass is 35.5. The van der Waals surface area contributed by atoms with E-state index in [0.717, 1.165) is 53.8 Å². The van der Waals surface area contributed by atoms with Gasteiger partial charge in [-0.15, -0.1) is 0 Å². The normalized spacial score (nSPS) is 22.2. The molecule has 1 fully saturated rings. The summed E-state index contributed by atoms with van der Waals surface area (Å²) in [6.07, 6.45) is 8.25. The van der Waals surface area contributed by atoms with Crippen LogP contribution in [-0.2, 0) is 21.4 Å². The summed E-state index contributed by atoms with van der Waals surface area (Å²) in [5, 5.41) is 10.1. The molecule has 2 aliphatic rings. The first-order valence-electron chi connectivity index (χ1n) is 12.3. The van der Waals surface area contributed by atoms with E-state index >= 15 is 0 Å². The minimum Gasteiger partial charge on any atom is -0.481 e. The first-order valence-corrected chi connectivity index (χ1v) is 12.7. The Balaban J connectivity index is 2.00. The molecule has 182 valence electrons. The number of allylic oxidation sites excluding steroid dienone is 1. The molecule has 5 heteroatoms. The van der Waals surface area contributed by atoms with E-state index in [-0.39, 0.29) is 29.2 Å². The Morgan fingerprint density at radius 1 is 1.18 bits per heavy atom. The van der Waals surface area contributed by atoms with Gasteiger partial charge < -0.3 is 10.0 Å². The second-order valence-electron chi connectivity index (χ2n) is 12.1. The standard InChI is InChI=1S/C28H40ClNO3/c1-26(2,3)14-12-19-10-11-20(16-22(19)29)28(6)17-24(31)30(21-8-7-9-21)18-23(28)27(4,5)15-13-25(32)33/h10-11,16,18,21H,7-9,12-15,17H2,1-6H3,(H,32,33). The van der Waals surface area contributed by atoms with Crippen LogP contribution < -0.4 is 0 Å². The Hall–Kier alpha value is -1.81. The summed E-state index contributed by atoms with van der Waals surface area (Å²) in [6.45, 7) is 13.0. The number of carboxylic acids is 1. The van der Waals surface area contributed by atoms with E-state index in [1.54, 1.807) is 0 Å². The largest absolute Gasteiger partial charge is 0.481 e. The molecule has 4 nitrogen and oxygen atoms in total. The summed E-state index contributed by atoms with van der Waals surface area (Å²) in [5.41, 5.74) is 2.63. The number of halogens is 1. The molecule has 1 N–H and O–H groups in total. The van der Waals surface area contributed by atoms with Crippen LogP contribution in [0.25, 0.3) is 0 Å². The van der Waals surface area contributed by atoms with Gasteiger partial charge in [-0.05, 0) is 72.1 Å². The average molecular weight is 474 g/mol. The van der Waals surface area contributed by atoms with Gasteiger partial charge >= 0.3 is 5.97 Å². The van der Waals surface area contributed by atoms with Gasteiger partial charge in [0.2, 0.25) is 5.91 Å². The molecule has 0 aromatic heterocycles. The van der Waals surface area contributed by atoms with Crippen molar-refractivity contribution >= 4 is 23.5 Å². The smallest absolute Gasteiger partial charge is 0.303 e. The highest BCUT2D eigenvalue weighted by molar-refractivity contribution is 6.31. The molecule has 1 aromatic rings. The zero-order chi connectivity index (χ0) is 24.6. The molecule has 1 aliphatic carbocycles. The molecule has 1 aliphatic heterocycles. The van der Waals surface area contributed by atoms with E-state index in [9.17, 15) is 14.7 Å². The third-order valence-corrected chi connectivity index (χ3v) is 8.00. The number of amides is 1. The molecular weight excluding hydrogens is 434 g/mol. The van der Waals surface area contributed by atoms with Crippen LogP contribution in [0.5, 0.6) is 0 Å². The van der Waals surface area contributed by atoms with Crippen LogP contribution in [0.3, 0.4) is 0 Å². The van der Waals surface area contributed by atoms with Crippen LogP contribution in [0.4, 0.5) is 0 Å². The number of hydrogen-bond acceptors (Lipinski definition) is 2. The summed E-state index contributed by atoms with van der Waals surface area (Å²) >= 11 is 6.76. The quantitative estimate of drug-likeness (QED) is 0.436. The summed E-state index contributed by atoms with van der Waals surface area (Å²) in [5.74, 6) is -0.646. The van der Waals surface area contributed by atoms with Gasteiger partial charge in [-0.3, -0.25) is 9.59 Å². The molecule has 0 spiro atoms. The third-order valence-electron chi connectivity index (χ3n) is 7.65. The number of carbonyl (C=O) groups is 2. The van der Waals surface area contributed by atoms with Crippen LogP contribution >= 0.6 is 11.6 Å². The van der Waals surface area contributed by atoms with E-state index in [0.29, 0.717) is 12.8 Å². The summed E-state index contributed by atoms with van der Waals surface area (Å²) in [4.78, 5) is 26.6. The number of carboxylic acid groups (broad SMARTS) is 1. The zero-order valence-corrected chi connectivity index (χ0v) is 21.9. The first kappa shape index (κ1) is 25.8. The molecule has 1 aromatic carbocycles. The number of rotatable bonds is 8. The lowest BCUT2D eigenvalue weighted by atomic mass is 9.61. The van der Waals surface area contributed by atoms with Crippen molar-refractivity contribution in [2.24, 2.45) is 10.8 Å². The fourth-order valence-electron chi connectivity index (χ4n) is 5.15. The van der Waals surface area contributed by atoms with Gasteiger partial charge in [0.15, 0.2) is 0 Å². The molecule has 1 amide bonds. The Labute approximate surface area is 204 Å². The van der Waals surface area contributed by atoms with Crippen molar-refractivity contribution in [1.29, 1.82) is 0 Å². The van der Waals surface area contributed by atoms with Crippen molar-refractivity contribution in [3.05, 3.63) is 46.1 Å². The highest BCUT2D eigenvalue weighted by Gasteiger charge is 2.46. The second kappa shape index (κ2) is 9.44. The van der Waals surface area contributed by atoms with Gasteiger partial charge in [-0.25, -0.2) is 0 Å². The van der Waals surface area contributed by atoms with Crippen molar-refractivity contribution in [1.82, 2.24) is 4.90 Å². The number of carbonyl (C=O) groups excluding carboxylic acids is 1. The fraction of sp³-hybridized carbons (Fsp3) is 0.643. The van der Waals surface area contributed by atoms with E-state index in [2.05, 4.69) is 59.9 Å². The maximum absolute atomic E-state index is 13.3. The van der Waals surface area contributed by atoms with Gasteiger partial charge in [0.05, 0.1) is 0 Å². The van der Waals surface area contributed by atoms with Crippen LogP contribution in [-0.4, -0.2) is 27.9 Å². The maximum atomic E-state index is 13.3. The average Bonchev–Trinajstić information content (AvgIpc) is 2.65. The van der Waals surface area contributed by atoms with Crippen LogP contribution in [0.2, 0.25) is 5.02 Å². The molecule has 1 heterocycles. The molecule has 1 saturated carbocycles. The number of aryl methyl sites for hydroxylation is 1. The molecule has 1 unspecified atom stereocenters. The Kier molecular flexibility index (Phi) is 7.39. The van der Waals surface area contributed by atoms with Gasteiger partial charge in [-0.2, -0.15) is 0 Å². The zero-order valence-electron chi connectivity index (χ0n) is 21.1. The Morgan fingerprint density at radius 3 is 2.36 bits per heavy atom. The summed E-state index contributed by atoms with van der Waals surface area (Å²) < 4.78 is 0. The van der Waals surface area contributed by atoms with Crippen LogP contribution in [0.1, 0.15) is 97.6 Å². The number of hydrogen-bond donors (Lipinski definition) is 1. The van der Waals surface area contributed by atoms with Crippen molar-refractivity contribution in [2.45, 2.75) is 104 Å². The van der Waals surface area contributed by atoms with Gasteiger partial charge in [0.1, 0.15) is 0 Å². The Bertz CT molecular complexity index is 939. The van der Waals surface area contributed by atoms with Crippen molar-refractivity contribution in [3.8, 4) is 0 Å². The topological polar surface area (TPSA) is 57.6 Å². The fourth-order valence-corrected chi connectivity index (χ4v) is 5.43. The number of aliphatic carboxylic acids is 1. The van der Waals surface area contributed by atoms with Crippen molar-refractivity contribution in [2.75, 3.05) is 0 Å².